The van der Waals surface area contributed by atoms with E-state index in [-0.39, 0.29) is 11.8 Å². The van der Waals surface area contributed by atoms with Crippen molar-refractivity contribution in [1.29, 1.82) is 5.26 Å². The molecule has 0 heterocycles. The van der Waals surface area contributed by atoms with E-state index in [2.05, 4.69) is 18.2 Å². The third-order valence-corrected chi connectivity index (χ3v) is 11.9. The third-order valence-electron chi connectivity index (χ3n) is 11.9. The lowest BCUT2D eigenvalue weighted by Crippen LogP contribution is -2.50. The van der Waals surface area contributed by atoms with Crippen LogP contribution in [0.3, 0.4) is 0 Å². The van der Waals surface area contributed by atoms with Gasteiger partial charge in [-0.25, -0.2) is 0 Å². The van der Waals surface area contributed by atoms with E-state index in [1.165, 1.54) is 19.3 Å². The summed E-state index contributed by atoms with van der Waals surface area (Å²) in [7, 11) is 0. The Labute approximate surface area is 163 Å². The zero-order valence-electron chi connectivity index (χ0n) is 15.8. The summed E-state index contributed by atoms with van der Waals surface area (Å²) < 4.78 is 41.7. The molecule has 0 aliphatic heterocycles. The van der Waals surface area contributed by atoms with Gasteiger partial charge in [-0.2, -0.15) is 18.4 Å². The molecule has 7 saturated carbocycles. The molecule has 0 saturated heterocycles. The molecule has 16 atom stereocenters. The number of hydrogen-bond acceptors (Lipinski definition) is 1. The summed E-state index contributed by atoms with van der Waals surface area (Å²) in [5.41, 5.74) is 0. The van der Waals surface area contributed by atoms with E-state index in [0.717, 1.165) is 47.3 Å². The fourth-order valence-electron chi connectivity index (χ4n) is 12.1. The Hall–Kier alpha value is -0.980. The summed E-state index contributed by atoms with van der Waals surface area (Å²) in [5, 5.41) is 9.64. The molecule has 8 aliphatic rings. The Morgan fingerprint density at radius 3 is 1.64 bits per heavy atom. The number of rotatable bonds is 0. The van der Waals surface area contributed by atoms with Gasteiger partial charge in [-0.3, -0.25) is 0 Å². The normalized spacial score (nSPS) is 68.5. The standard InChI is InChI=1S/C24H26F3N/c25-24(26,27)23-15-4-10(16(23)7-28)19-13-6-14(22(15)19)21-12-5-11(20(13)21)17-8-1-2-9(3-8)18(12)17/h1-2,8-23H,3-6H2. The lowest BCUT2D eigenvalue weighted by atomic mass is 9.53. The minimum absolute atomic E-state index is 0.0393. The van der Waals surface area contributed by atoms with E-state index in [0.29, 0.717) is 30.1 Å². The van der Waals surface area contributed by atoms with Crippen molar-refractivity contribution in [2.24, 2.45) is 94.7 Å². The number of nitriles is 1. The van der Waals surface area contributed by atoms with Gasteiger partial charge in [-0.15, -0.1) is 0 Å². The molecular formula is C24H26F3N. The fraction of sp³-hybridized carbons (Fsp3) is 0.875. The first-order valence-corrected chi connectivity index (χ1v) is 11.6. The van der Waals surface area contributed by atoms with Gasteiger partial charge in [0, 0.05) is 0 Å². The van der Waals surface area contributed by atoms with E-state index in [1.54, 1.807) is 0 Å². The Morgan fingerprint density at radius 1 is 0.643 bits per heavy atom. The van der Waals surface area contributed by atoms with Crippen LogP contribution in [-0.4, -0.2) is 6.18 Å². The first-order chi connectivity index (χ1) is 13.5. The van der Waals surface area contributed by atoms with Crippen molar-refractivity contribution in [1.82, 2.24) is 0 Å². The maximum Gasteiger partial charge on any atom is 0.393 e. The van der Waals surface area contributed by atoms with Crippen molar-refractivity contribution < 1.29 is 13.2 Å². The van der Waals surface area contributed by atoms with Crippen molar-refractivity contribution in [3.63, 3.8) is 0 Å². The van der Waals surface area contributed by atoms with Crippen molar-refractivity contribution in [2.75, 3.05) is 0 Å². The van der Waals surface area contributed by atoms with Crippen molar-refractivity contribution in [2.45, 2.75) is 31.9 Å². The number of fused-ring (bicyclic) bond motifs is 23. The van der Waals surface area contributed by atoms with Gasteiger partial charge >= 0.3 is 6.18 Å². The van der Waals surface area contributed by atoms with Crippen molar-refractivity contribution >= 4 is 0 Å². The molecule has 0 aromatic heterocycles. The van der Waals surface area contributed by atoms with Crippen LogP contribution in [0.2, 0.25) is 0 Å². The first-order valence-electron chi connectivity index (χ1n) is 11.6. The summed E-state index contributed by atoms with van der Waals surface area (Å²) in [6.45, 7) is 0. The summed E-state index contributed by atoms with van der Waals surface area (Å²) in [6, 6.07) is 2.15. The smallest absolute Gasteiger partial charge is 0.198 e. The number of hydrogen-bond donors (Lipinski definition) is 0. The van der Waals surface area contributed by atoms with Gasteiger partial charge in [0.2, 0.25) is 0 Å². The lowest BCUT2D eigenvalue weighted by Gasteiger charge is -2.51. The van der Waals surface area contributed by atoms with Gasteiger partial charge in [0.1, 0.15) is 0 Å². The van der Waals surface area contributed by atoms with Crippen LogP contribution in [-0.2, 0) is 0 Å². The second-order valence-corrected chi connectivity index (χ2v) is 11.8. The molecule has 0 aromatic rings. The molecule has 0 amide bonds. The summed E-state index contributed by atoms with van der Waals surface area (Å²) >= 11 is 0. The highest BCUT2D eigenvalue weighted by Gasteiger charge is 2.78. The van der Waals surface area contributed by atoms with E-state index < -0.39 is 18.0 Å². The molecule has 1 nitrogen and oxygen atoms in total. The molecule has 7 fully saturated rings. The van der Waals surface area contributed by atoms with Crippen LogP contribution in [0, 0.1) is 106 Å². The van der Waals surface area contributed by atoms with E-state index in [4.69, 9.17) is 0 Å². The second-order valence-electron chi connectivity index (χ2n) is 11.8. The van der Waals surface area contributed by atoms with Gasteiger partial charge in [-0.05, 0) is 109 Å². The molecule has 8 bridgehead atoms. The van der Waals surface area contributed by atoms with Crippen LogP contribution in [0.1, 0.15) is 25.7 Å². The van der Waals surface area contributed by atoms with E-state index in [1.807, 2.05) is 0 Å². The second kappa shape index (κ2) is 4.52. The van der Waals surface area contributed by atoms with Gasteiger partial charge < -0.3 is 0 Å². The highest BCUT2D eigenvalue weighted by molar-refractivity contribution is 5.28. The monoisotopic (exact) mass is 385 g/mol. The van der Waals surface area contributed by atoms with Crippen LogP contribution >= 0.6 is 0 Å². The number of alkyl halides is 3. The first kappa shape index (κ1) is 15.8. The van der Waals surface area contributed by atoms with Crippen LogP contribution in [0.15, 0.2) is 12.2 Å². The van der Waals surface area contributed by atoms with Crippen LogP contribution in [0.25, 0.3) is 0 Å². The summed E-state index contributed by atoms with van der Waals surface area (Å²) in [6.07, 6.45) is 5.42. The largest absolute Gasteiger partial charge is 0.393 e. The molecule has 0 aromatic carbocycles. The predicted molar refractivity (Wildman–Crippen MR) is 95.1 cm³/mol. The Kier molecular flexibility index (Phi) is 2.55. The highest BCUT2D eigenvalue weighted by Crippen LogP contribution is 2.82. The number of halogens is 3. The molecule has 148 valence electrons. The van der Waals surface area contributed by atoms with Gasteiger partial charge in [-0.1, -0.05) is 12.2 Å². The van der Waals surface area contributed by atoms with E-state index in [9.17, 15) is 18.4 Å². The molecule has 0 radical (unpaired) electrons. The number of allylic oxidation sites excluding steroid dienone is 2. The number of nitrogens with zero attached hydrogens (tertiary/aromatic N) is 1. The molecule has 0 N–H and O–H groups in total. The molecule has 0 spiro atoms. The molecular weight excluding hydrogens is 359 g/mol. The SMILES string of the molecule is N#CC1C2CC(C3C4CC(C23)C2C3CC(C5C6C=CC(C6)C35)C42)C1C(F)(F)F. The average molecular weight is 385 g/mol. The minimum atomic E-state index is -4.19. The highest BCUT2D eigenvalue weighted by atomic mass is 19.4. The Balaban J connectivity index is 1.19. The molecule has 8 aliphatic carbocycles. The maximum absolute atomic E-state index is 13.9. The quantitative estimate of drug-likeness (QED) is 0.418. The predicted octanol–water partition coefficient (Wildman–Crippen LogP) is 5.16. The Morgan fingerprint density at radius 2 is 1.11 bits per heavy atom. The van der Waals surface area contributed by atoms with Crippen LogP contribution < -0.4 is 0 Å². The topological polar surface area (TPSA) is 23.8 Å². The summed E-state index contributed by atoms with van der Waals surface area (Å²) in [4.78, 5) is 0. The van der Waals surface area contributed by atoms with Gasteiger partial charge in [0.25, 0.3) is 0 Å². The molecule has 8 rings (SSSR count). The van der Waals surface area contributed by atoms with Crippen LogP contribution in [0.5, 0.6) is 0 Å². The molecule has 16 unspecified atom stereocenters. The zero-order valence-corrected chi connectivity index (χ0v) is 15.8. The van der Waals surface area contributed by atoms with Crippen molar-refractivity contribution in [3.05, 3.63) is 12.2 Å². The zero-order chi connectivity index (χ0) is 18.7. The van der Waals surface area contributed by atoms with Crippen molar-refractivity contribution in [3.8, 4) is 6.07 Å². The third kappa shape index (κ3) is 1.44. The Bertz CT molecular complexity index is 840. The van der Waals surface area contributed by atoms with Crippen LogP contribution in [0.4, 0.5) is 13.2 Å². The molecule has 28 heavy (non-hydrogen) atoms. The molecule has 4 heteroatoms. The van der Waals surface area contributed by atoms with Gasteiger partial charge in [0.05, 0.1) is 17.9 Å². The van der Waals surface area contributed by atoms with E-state index >= 15 is 0 Å². The lowest BCUT2D eigenvalue weighted by molar-refractivity contribution is -0.209. The average Bonchev–Trinajstić information content (AvgIpc) is 3.48. The maximum atomic E-state index is 13.9. The van der Waals surface area contributed by atoms with Gasteiger partial charge in [0.15, 0.2) is 0 Å². The summed E-state index contributed by atoms with van der Waals surface area (Å²) in [5.74, 6) is 6.20. The minimum Gasteiger partial charge on any atom is -0.198 e. The fourth-order valence-corrected chi connectivity index (χ4v) is 12.1.